The average molecular weight is 482 g/mol. The number of nitrogens with zero attached hydrogens (tertiary/aromatic N) is 1. The minimum atomic E-state index is -0.627. The van der Waals surface area contributed by atoms with E-state index in [9.17, 15) is 9.59 Å². The Kier molecular flexibility index (Phi) is 6.92. The third-order valence-corrected chi connectivity index (χ3v) is 5.13. The van der Waals surface area contributed by atoms with E-state index >= 15 is 0 Å². The predicted molar refractivity (Wildman–Crippen MR) is 127 cm³/mol. The number of amides is 2. The first-order valence-corrected chi connectivity index (χ1v) is 10.5. The molecule has 0 atom stereocenters. The molecule has 7 nitrogen and oxygen atoms in total. The Morgan fingerprint density at radius 3 is 2.52 bits per heavy atom. The Hall–Kier alpha value is -3.81. The third kappa shape index (κ3) is 5.71. The van der Waals surface area contributed by atoms with Crippen LogP contribution in [0.3, 0.4) is 0 Å². The van der Waals surface area contributed by atoms with Gasteiger partial charge in [0.25, 0.3) is 11.8 Å². The lowest BCUT2D eigenvalue weighted by Gasteiger charge is -2.09. The number of ether oxygens (including phenoxy) is 2. The summed E-state index contributed by atoms with van der Waals surface area (Å²) >= 11 is 12.0. The number of hydrogen-bond acceptors (Lipinski definition) is 5. The zero-order chi connectivity index (χ0) is 23.2. The fourth-order valence-electron chi connectivity index (χ4n) is 2.94. The maximum atomic E-state index is 12.9. The second-order valence-electron chi connectivity index (χ2n) is 6.86. The largest absolute Gasteiger partial charge is 0.454 e. The van der Waals surface area contributed by atoms with E-state index < -0.39 is 11.8 Å². The van der Waals surface area contributed by atoms with Crippen molar-refractivity contribution in [1.29, 1.82) is 0 Å². The Labute approximate surface area is 199 Å². The van der Waals surface area contributed by atoms with Crippen LogP contribution in [0.5, 0.6) is 11.5 Å². The summed E-state index contributed by atoms with van der Waals surface area (Å²) in [6, 6.07) is 18.6. The van der Waals surface area contributed by atoms with E-state index in [1.165, 1.54) is 12.3 Å². The molecular formula is C24H17Cl2N3O4. The molecule has 0 unspecified atom stereocenters. The average Bonchev–Trinajstić information content (AvgIpc) is 3.28. The molecule has 1 aliphatic rings. The molecule has 0 bridgehead atoms. The number of fused-ring (bicyclic) bond motifs is 1. The van der Waals surface area contributed by atoms with Gasteiger partial charge in [-0.05, 0) is 48.0 Å². The van der Waals surface area contributed by atoms with Gasteiger partial charge in [-0.1, -0.05) is 53.5 Å². The van der Waals surface area contributed by atoms with Crippen molar-refractivity contribution in [3.63, 3.8) is 0 Å². The van der Waals surface area contributed by atoms with Gasteiger partial charge in [0.05, 0.1) is 11.2 Å². The molecule has 0 fully saturated rings. The van der Waals surface area contributed by atoms with Gasteiger partial charge in [0.1, 0.15) is 5.70 Å². The van der Waals surface area contributed by atoms with Gasteiger partial charge in [-0.25, -0.2) is 5.43 Å². The highest BCUT2D eigenvalue weighted by atomic mass is 35.5. The first kappa shape index (κ1) is 22.4. The van der Waals surface area contributed by atoms with Gasteiger partial charge in [-0.3, -0.25) is 9.59 Å². The highest BCUT2D eigenvalue weighted by molar-refractivity contribution is 6.36. The summed E-state index contributed by atoms with van der Waals surface area (Å²) in [6.07, 6.45) is 2.90. The van der Waals surface area contributed by atoms with E-state index in [4.69, 9.17) is 32.7 Å². The van der Waals surface area contributed by atoms with Crippen LogP contribution in [0.4, 0.5) is 0 Å². The summed E-state index contributed by atoms with van der Waals surface area (Å²) < 4.78 is 10.7. The van der Waals surface area contributed by atoms with Crippen LogP contribution in [-0.2, 0) is 4.79 Å². The Morgan fingerprint density at radius 2 is 1.73 bits per heavy atom. The van der Waals surface area contributed by atoms with Crippen LogP contribution >= 0.6 is 23.2 Å². The van der Waals surface area contributed by atoms with E-state index in [0.717, 1.165) is 0 Å². The lowest BCUT2D eigenvalue weighted by Crippen LogP contribution is -2.32. The zero-order valence-corrected chi connectivity index (χ0v) is 18.6. The maximum absolute atomic E-state index is 12.9. The van der Waals surface area contributed by atoms with Crippen molar-refractivity contribution < 1.29 is 19.1 Å². The zero-order valence-electron chi connectivity index (χ0n) is 17.0. The number of carbonyl (C=O) groups is 2. The molecule has 0 radical (unpaired) electrons. The van der Waals surface area contributed by atoms with Crippen LogP contribution in [-0.4, -0.2) is 24.8 Å². The number of carbonyl (C=O) groups excluding carboxylic acids is 2. The van der Waals surface area contributed by atoms with Gasteiger partial charge in [-0.15, -0.1) is 0 Å². The van der Waals surface area contributed by atoms with E-state index in [2.05, 4.69) is 15.8 Å². The van der Waals surface area contributed by atoms with E-state index in [-0.39, 0.29) is 12.5 Å². The van der Waals surface area contributed by atoms with Gasteiger partial charge < -0.3 is 14.8 Å². The molecule has 3 aromatic rings. The molecule has 166 valence electrons. The fourth-order valence-corrected chi connectivity index (χ4v) is 3.40. The van der Waals surface area contributed by atoms with Gasteiger partial charge in [-0.2, -0.15) is 5.10 Å². The summed E-state index contributed by atoms with van der Waals surface area (Å²) in [5, 5.41) is 7.45. The van der Waals surface area contributed by atoms with Crippen LogP contribution in [0.1, 0.15) is 21.5 Å². The molecule has 0 saturated heterocycles. The molecule has 3 aromatic carbocycles. The molecule has 0 aliphatic carbocycles. The van der Waals surface area contributed by atoms with Gasteiger partial charge in [0.2, 0.25) is 6.79 Å². The number of nitrogens with one attached hydrogen (secondary N) is 2. The first-order valence-electron chi connectivity index (χ1n) is 9.76. The molecule has 2 amide bonds. The highest BCUT2D eigenvalue weighted by Gasteiger charge is 2.17. The normalized spacial score (nSPS) is 12.6. The number of rotatable bonds is 6. The maximum Gasteiger partial charge on any atom is 0.287 e. The highest BCUT2D eigenvalue weighted by Crippen LogP contribution is 2.33. The van der Waals surface area contributed by atoms with Crippen LogP contribution in [0, 0.1) is 0 Å². The van der Waals surface area contributed by atoms with Crippen LogP contribution in [0.15, 0.2) is 77.5 Å². The fraction of sp³-hybridized carbons (Fsp3) is 0.0417. The smallest absolute Gasteiger partial charge is 0.287 e. The topological polar surface area (TPSA) is 89.0 Å². The summed E-state index contributed by atoms with van der Waals surface area (Å²) in [5.41, 5.74) is 3.98. The van der Waals surface area contributed by atoms with Crippen molar-refractivity contribution in [2.24, 2.45) is 5.10 Å². The Morgan fingerprint density at radius 1 is 0.939 bits per heavy atom. The molecule has 1 heterocycles. The van der Waals surface area contributed by atoms with Crippen molar-refractivity contribution in [3.05, 3.63) is 99.2 Å². The quantitative estimate of drug-likeness (QED) is 0.304. The molecule has 1 aliphatic heterocycles. The predicted octanol–water partition coefficient (Wildman–Crippen LogP) is 4.64. The number of benzene rings is 3. The van der Waals surface area contributed by atoms with E-state index in [1.807, 2.05) is 0 Å². The van der Waals surface area contributed by atoms with Crippen molar-refractivity contribution >= 4 is 47.3 Å². The van der Waals surface area contributed by atoms with Gasteiger partial charge in [0.15, 0.2) is 11.5 Å². The van der Waals surface area contributed by atoms with E-state index in [1.54, 1.807) is 66.7 Å². The Bertz CT molecular complexity index is 1260. The molecule has 2 N–H and O–H groups in total. The molecule has 0 spiro atoms. The summed E-state index contributed by atoms with van der Waals surface area (Å²) in [5.74, 6) is 0.0879. The second kappa shape index (κ2) is 10.2. The molecule has 0 saturated carbocycles. The second-order valence-corrected chi connectivity index (χ2v) is 7.70. The molecule has 4 rings (SSSR count). The van der Waals surface area contributed by atoms with Crippen LogP contribution in [0.2, 0.25) is 10.0 Å². The minimum Gasteiger partial charge on any atom is -0.454 e. The molecule has 0 aromatic heterocycles. The molecule has 9 heteroatoms. The summed E-state index contributed by atoms with van der Waals surface area (Å²) in [4.78, 5) is 25.5. The van der Waals surface area contributed by atoms with Crippen LogP contribution in [0.25, 0.3) is 6.08 Å². The summed E-state index contributed by atoms with van der Waals surface area (Å²) in [7, 11) is 0. The van der Waals surface area contributed by atoms with Crippen molar-refractivity contribution in [1.82, 2.24) is 10.7 Å². The summed E-state index contributed by atoms with van der Waals surface area (Å²) in [6.45, 7) is 0.128. The monoisotopic (exact) mass is 481 g/mol. The molecule has 33 heavy (non-hydrogen) atoms. The van der Waals surface area contributed by atoms with Gasteiger partial charge >= 0.3 is 0 Å². The number of halogens is 2. The van der Waals surface area contributed by atoms with Crippen molar-refractivity contribution in [2.45, 2.75) is 0 Å². The van der Waals surface area contributed by atoms with Crippen molar-refractivity contribution in [2.75, 3.05) is 6.79 Å². The van der Waals surface area contributed by atoms with Crippen molar-refractivity contribution in [3.8, 4) is 11.5 Å². The lowest BCUT2D eigenvalue weighted by atomic mass is 10.1. The number of hydrogen-bond donors (Lipinski definition) is 2. The van der Waals surface area contributed by atoms with E-state index in [0.29, 0.717) is 38.2 Å². The van der Waals surface area contributed by atoms with Gasteiger partial charge in [0, 0.05) is 16.1 Å². The number of hydrazone groups is 1. The molecular weight excluding hydrogens is 465 g/mol. The standard InChI is InChI=1S/C24H17Cl2N3O4/c25-18-8-7-17(19(26)12-18)13-27-29-24(31)20(28-23(30)16-4-2-1-3-5-16)10-15-6-9-21-22(11-15)33-14-32-21/h1-13H,14H2,(H,28,30)(H,29,31)/b20-10+,27-13?. The first-order chi connectivity index (χ1) is 16.0. The minimum absolute atomic E-state index is 0.0120. The van der Waals surface area contributed by atoms with Crippen LogP contribution < -0.4 is 20.2 Å². The third-order valence-electron chi connectivity index (χ3n) is 4.57. The lowest BCUT2D eigenvalue weighted by molar-refractivity contribution is -0.117. The Balaban J connectivity index is 1.56. The SMILES string of the molecule is O=C(NN=Cc1ccc(Cl)cc1Cl)/C(=C\c1ccc2c(c1)OCO2)NC(=O)c1ccccc1.